The topological polar surface area (TPSA) is 59.6 Å². The maximum atomic E-state index is 12.3. The number of benzene rings is 1. The molecule has 1 N–H and O–H groups in total. The number of methoxy groups -OCH3 is 1. The molecule has 6 heteroatoms. The third-order valence-electron chi connectivity index (χ3n) is 5.49. The van der Waals surface area contributed by atoms with E-state index in [0.717, 1.165) is 30.2 Å². The van der Waals surface area contributed by atoms with Crippen LogP contribution in [0.25, 0.3) is 0 Å². The molecular weight excluding hydrogens is 378 g/mol. The number of hydrogen-bond acceptors (Lipinski definition) is 4. The maximum Gasteiger partial charge on any atom is 0.287 e. The van der Waals surface area contributed by atoms with Crippen LogP contribution in [0.3, 0.4) is 0 Å². The van der Waals surface area contributed by atoms with Crippen molar-refractivity contribution in [3.05, 3.63) is 77.5 Å². The number of ether oxygens (including phenoxy) is 1. The highest BCUT2D eigenvalue weighted by Crippen LogP contribution is 2.38. The molecule has 1 aliphatic rings. The fraction of sp³-hybridized carbons (Fsp3) is 0.375. The minimum absolute atomic E-state index is 0.0493. The molecular formula is C24H29N3O3. The van der Waals surface area contributed by atoms with Gasteiger partial charge in [0.25, 0.3) is 5.91 Å². The van der Waals surface area contributed by atoms with Gasteiger partial charge in [0.05, 0.1) is 19.7 Å². The van der Waals surface area contributed by atoms with Crippen molar-refractivity contribution in [1.29, 1.82) is 0 Å². The van der Waals surface area contributed by atoms with Crippen molar-refractivity contribution in [1.82, 2.24) is 14.8 Å². The number of nitrogens with zero attached hydrogens (tertiary/aromatic N) is 2. The minimum atomic E-state index is -0.163. The molecule has 0 saturated carbocycles. The molecule has 158 valence electrons. The molecule has 0 unspecified atom stereocenters. The van der Waals surface area contributed by atoms with E-state index in [1.165, 1.54) is 5.69 Å². The van der Waals surface area contributed by atoms with Gasteiger partial charge < -0.3 is 19.0 Å². The first kappa shape index (κ1) is 20.3. The number of aromatic nitrogens is 1. The van der Waals surface area contributed by atoms with Gasteiger partial charge in [-0.1, -0.05) is 32.0 Å². The van der Waals surface area contributed by atoms with Crippen molar-refractivity contribution in [2.24, 2.45) is 5.92 Å². The highest BCUT2D eigenvalue weighted by molar-refractivity contribution is 5.91. The maximum absolute atomic E-state index is 12.3. The van der Waals surface area contributed by atoms with Gasteiger partial charge in [-0.25, -0.2) is 0 Å². The molecule has 0 bridgehead atoms. The van der Waals surface area contributed by atoms with Gasteiger partial charge >= 0.3 is 0 Å². The number of amides is 1. The van der Waals surface area contributed by atoms with Gasteiger partial charge in [-0.15, -0.1) is 0 Å². The molecule has 1 aliphatic heterocycles. The molecule has 30 heavy (non-hydrogen) atoms. The molecule has 6 nitrogen and oxygen atoms in total. The largest absolute Gasteiger partial charge is 0.496 e. The summed E-state index contributed by atoms with van der Waals surface area (Å²) in [6.07, 6.45) is 2.12. The van der Waals surface area contributed by atoms with Crippen LogP contribution in [0.5, 0.6) is 5.75 Å². The normalized spacial score (nSPS) is 16.5. The quantitative estimate of drug-likeness (QED) is 0.641. The molecule has 1 amide bonds. The first-order chi connectivity index (χ1) is 14.6. The van der Waals surface area contributed by atoms with E-state index in [1.54, 1.807) is 13.2 Å². The zero-order chi connectivity index (χ0) is 21.1. The SMILES string of the molecule is COc1ccccc1[C@@H]1c2cccn2CCN1Cc1ccc(C(=O)NCC(C)C)o1. The van der Waals surface area contributed by atoms with E-state index in [1.807, 2.05) is 24.3 Å². The standard InChI is InChI=1S/C24H29N3O3/c1-17(2)15-25-24(28)22-11-10-18(30-22)16-27-14-13-26-12-6-8-20(26)23(27)19-7-4-5-9-21(19)29-3/h4-12,17,23H,13-16H2,1-3H3,(H,25,28)/t23-/m1/s1. The Labute approximate surface area is 177 Å². The van der Waals surface area contributed by atoms with Gasteiger partial charge in [0.1, 0.15) is 11.5 Å². The molecule has 0 aliphatic carbocycles. The molecule has 3 heterocycles. The van der Waals surface area contributed by atoms with Crippen LogP contribution in [0.1, 0.15) is 47.5 Å². The molecule has 1 aromatic carbocycles. The number of hydrogen-bond donors (Lipinski definition) is 1. The zero-order valence-electron chi connectivity index (χ0n) is 17.8. The van der Waals surface area contributed by atoms with E-state index in [2.05, 4.69) is 53.0 Å². The van der Waals surface area contributed by atoms with Crippen molar-refractivity contribution in [2.75, 3.05) is 20.2 Å². The van der Waals surface area contributed by atoms with Crippen LogP contribution in [0.4, 0.5) is 0 Å². The van der Waals surface area contributed by atoms with E-state index in [0.29, 0.717) is 24.8 Å². The molecule has 1 atom stereocenters. The van der Waals surface area contributed by atoms with E-state index in [4.69, 9.17) is 9.15 Å². The fourth-order valence-electron chi connectivity index (χ4n) is 4.02. The van der Waals surface area contributed by atoms with E-state index >= 15 is 0 Å². The highest BCUT2D eigenvalue weighted by atomic mass is 16.5. The van der Waals surface area contributed by atoms with Crippen molar-refractivity contribution in [2.45, 2.75) is 33.0 Å². The molecule has 3 aromatic rings. The van der Waals surface area contributed by atoms with Gasteiger partial charge in [-0.3, -0.25) is 9.69 Å². The summed E-state index contributed by atoms with van der Waals surface area (Å²) in [5.74, 6) is 2.25. The first-order valence-electron chi connectivity index (χ1n) is 10.5. The Morgan fingerprint density at radius 3 is 2.80 bits per heavy atom. The van der Waals surface area contributed by atoms with Crippen LogP contribution in [-0.2, 0) is 13.1 Å². The second-order valence-corrected chi connectivity index (χ2v) is 8.11. The molecule has 0 fully saturated rings. The van der Waals surface area contributed by atoms with Crippen molar-refractivity contribution in [3.63, 3.8) is 0 Å². The minimum Gasteiger partial charge on any atom is -0.496 e. The summed E-state index contributed by atoms with van der Waals surface area (Å²) in [6.45, 7) is 7.17. The lowest BCUT2D eigenvalue weighted by atomic mass is 9.98. The molecule has 0 radical (unpaired) electrons. The molecule has 2 aromatic heterocycles. The molecule has 0 spiro atoms. The van der Waals surface area contributed by atoms with Crippen LogP contribution < -0.4 is 10.1 Å². The van der Waals surface area contributed by atoms with Crippen LogP contribution in [0, 0.1) is 5.92 Å². The average Bonchev–Trinajstić information content (AvgIpc) is 3.41. The number of carbonyl (C=O) groups excluding carboxylic acids is 1. The fourth-order valence-corrected chi connectivity index (χ4v) is 4.02. The Hall–Kier alpha value is -2.99. The van der Waals surface area contributed by atoms with Crippen molar-refractivity contribution >= 4 is 5.91 Å². The lowest BCUT2D eigenvalue weighted by Crippen LogP contribution is -2.38. The summed E-state index contributed by atoms with van der Waals surface area (Å²) in [6, 6.07) is 16.1. The van der Waals surface area contributed by atoms with Crippen LogP contribution in [-0.4, -0.2) is 35.6 Å². The van der Waals surface area contributed by atoms with Gasteiger partial charge in [0, 0.05) is 37.1 Å². The number of furan rings is 1. The molecule has 0 saturated heterocycles. The summed E-state index contributed by atoms with van der Waals surface area (Å²) >= 11 is 0. The Morgan fingerprint density at radius 1 is 1.17 bits per heavy atom. The third kappa shape index (κ3) is 4.14. The lowest BCUT2D eigenvalue weighted by Gasteiger charge is -2.37. The number of para-hydroxylation sites is 1. The van der Waals surface area contributed by atoms with E-state index in [9.17, 15) is 4.79 Å². The summed E-state index contributed by atoms with van der Waals surface area (Å²) < 4.78 is 13.8. The number of nitrogens with one attached hydrogen (secondary N) is 1. The third-order valence-corrected chi connectivity index (χ3v) is 5.49. The average molecular weight is 408 g/mol. The summed E-state index contributed by atoms with van der Waals surface area (Å²) in [4.78, 5) is 14.7. The molecule has 4 rings (SSSR count). The number of fused-ring (bicyclic) bond motifs is 1. The Balaban J connectivity index is 1.58. The van der Waals surface area contributed by atoms with Crippen LogP contribution in [0.2, 0.25) is 0 Å². The van der Waals surface area contributed by atoms with Gasteiger partial charge in [0.15, 0.2) is 5.76 Å². The van der Waals surface area contributed by atoms with Gasteiger partial charge in [-0.2, -0.15) is 0 Å². The Morgan fingerprint density at radius 2 is 2.00 bits per heavy atom. The summed E-state index contributed by atoms with van der Waals surface area (Å²) in [7, 11) is 1.71. The second kappa shape index (κ2) is 8.79. The second-order valence-electron chi connectivity index (χ2n) is 8.11. The van der Waals surface area contributed by atoms with Gasteiger partial charge in [0.2, 0.25) is 0 Å². The number of rotatable bonds is 7. The van der Waals surface area contributed by atoms with Crippen molar-refractivity contribution in [3.8, 4) is 5.75 Å². The lowest BCUT2D eigenvalue weighted by molar-refractivity contribution is 0.0914. The van der Waals surface area contributed by atoms with E-state index < -0.39 is 0 Å². The van der Waals surface area contributed by atoms with Crippen LogP contribution >= 0.6 is 0 Å². The highest BCUT2D eigenvalue weighted by Gasteiger charge is 2.31. The zero-order valence-corrected chi connectivity index (χ0v) is 17.8. The first-order valence-corrected chi connectivity index (χ1v) is 10.5. The monoisotopic (exact) mass is 407 g/mol. The Kier molecular flexibility index (Phi) is 5.95. The van der Waals surface area contributed by atoms with Crippen molar-refractivity contribution < 1.29 is 13.9 Å². The summed E-state index contributed by atoms with van der Waals surface area (Å²) in [5, 5.41) is 2.91. The number of carbonyl (C=O) groups is 1. The van der Waals surface area contributed by atoms with Crippen LogP contribution in [0.15, 0.2) is 59.1 Å². The predicted octanol–water partition coefficient (Wildman–Crippen LogP) is 4.08. The van der Waals surface area contributed by atoms with Gasteiger partial charge in [-0.05, 0) is 36.2 Å². The Bertz CT molecular complexity index is 1000. The smallest absolute Gasteiger partial charge is 0.287 e. The summed E-state index contributed by atoms with van der Waals surface area (Å²) in [5.41, 5.74) is 2.35. The van der Waals surface area contributed by atoms with E-state index in [-0.39, 0.29) is 11.9 Å². The predicted molar refractivity (Wildman–Crippen MR) is 116 cm³/mol.